The number of benzene rings is 1. The maximum atomic E-state index is 11.6. The fourth-order valence-electron chi connectivity index (χ4n) is 1.67. The van der Waals surface area contributed by atoms with Crippen molar-refractivity contribution in [1.82, 2.24) is 9.78 Å². The lowest BCUT2D eigenvalue weighted by Crippen LogP contribution is -2.23. The maximum absolute atomic E-state index is 11.6. The van der Waals surface area contributed by atoms with E-state index in [0.29, 0.717) is 31.1 Å². The van der Waals surface area contributed by atoms with Crippen LogP contribution in [0.25, 0.3) is 0 Å². The molecule has 0 aliphatic heterocycles. The number of nitrogen functional groups attached to an aromatic ring is 1. The highest BCUT2D eigenvalue weighted by Gasteiger charge is 2.01. The number of nitrogens with zero attached hydrogens (tertiary/aromatic N) is 2. The van der Waals surface area contributed by atoms with Gasteiger partial charge in [0.1, 0.15) is 5.75 Å². The number of ether oxygens (including phenoxy) is 2. The Bertz CT molecular complexity index is 608. The van der Waals surface area contributed by atoms with Gasteiger partial charge in [0.15, 0.2) is 0 Å². The van der Waals surface area contributed by atoms with E-state index in [9.17, 15) is 4.79 Å². The van der Waals surface area contributed by atoms with Crippen LogP contribution in [0.3, 0.4) is 0 Å². The van der Waals surface area contributed by atoms with Crippen LogP contribution in [0, 0.1) is 0 Å². The number of rotatable bonds is 6. The quantitative estimate of drug-likeness (QED) is 0.635. The Morgan fingerprint density at radius 2 is 1.95 bits per heavy atom. The van der Waals surface area contributed by atoms with Crippen LogP contribution >= 0.6 is 0 Å². The third-order valence-electron chi connectivity index (χ3n) is 2.71. The lowest BCUT2D eigenvalue weighted by molar-refractivity contribution is 0.294. The van der Waals surface area contributed by atoms with Crippen molar-refractivity contribution in [3.05, 3.63) is 46.8 Å². The summed E-state index contributed by atoms with van der Waals surface area (Å²) in [5, 5.41) is 4.06. The fraction of sp³-hybridized carbons (Fsp3) is 0.286. The highest BCUT2D eigenvalue weighted by molar-refractivity contribution is 5.41. The zero-order valence-corrected chi connectivity index (χ0v) is 11.3. The van der Waals surface area contributed by atoms with Crippen molar-refractivity contribution in [3.8, 4) is 11.6 Å². The summed E-state index contributed by atoms with van der Waals surface area (Å²) in [6.45, 7) is 0.972. The standard InChI is InChI=1S/C14H17N3O3/c1-19-13-7-8-14(18)17(16-13)9-2-10-20-12-5-3-11(15)4-6-12/h3-8H,2,9-10,15H2,1H3. The van der Waals surface area contributed by atoms with Crippen molar-refractivity contribution in [2.75, 3.05) is 19.5 Å². The second-order valence-corrected chi connectivity index (χ2v) is 4.21. The van der Waals surface area contributed by atoms with Crippen molar-refractivity contribution in [2.24, 2.45) is 0 Å². The van der Waals surface area contributed by atoms with E-state index in [-0.39, 0.29) is 5.56 Å². The molecule has 0 saturated carbocycles. The Morgan fingerprint density at radius 3 is 2.65 bits per heavy atom. The third kappa shape index (κ3) is 3.74. The molecule has 6 nitrogen and oxygen atoms in total. The van der Waals surface area contributed by atoms with Crippen molar-refractivity contribution in [1.29, 1.82) is 0 Å². The molecule has 1 aromatic carbocycles. The average Bonchev–Trinajstić information content (AvgIpc) is 2.47. The molecule has 0 aliphatic carbocycles. The Balaban J connectivity index is 1.84. The molecule has 0 aliphatic rings. The summed E-state index contributed by atoms with van der Waals surface area (Å²) >= 11 is 0. The SMILES string of the molecule is COc1ccc(=O)n(CCCOc2ccc(N)cc2)n1. The van der Waals surface area contributed by atoms with E-state index >= 15 is 0 Å². The molecule has 1 aromatic heterocycles. The molecule has 2 N–H and O–H groups in total. The van der Waals surface area contributed by atoms with Crippen LogP contribution in [0.1, 0.15) is 6.42 Å². The first kappa shape index (κ1) is 13.9. The van der Waals surface area contributed by atoms with Gasteiger partial charge in [0, 0.05) is 30.8 Å². The lowest BCUT2D eigenvalue weighted by atomic mass is 10.3. The molecule has 0 unspecified atom stereocenters. The van der Waals surface area contributed by atoms with Crippen LogP contribution in [-0.4, -0.2) is 23.5 Å². The predicted octanol–water partition coefficient (Wildman–Crippen LogP) is 1.30. The largest absolute Gasteiger partial charge is 0.494 e. The van der Waals surface area contributed by atoms with Crippen molar-refractivity contribution < 1.29 is 9.47 Å². The predicted molar refractivity (Wildman–Crippen MR) is 76.0 cm³/mol. The van der Waals surface area contributed by atoms with E-state index in [1.807, 2.05) is 12.1 Å². The second kappa shape index (κ2) is 6.60. The van der Waals surface area contributed by atoms with Crippen molar-refractivity contribution in [2.45, 2.75) is 13.0 Å². The first-order valence-corrected chi connectivity index (χ1v) is 6.29. The van der Waals surface area contributed by atoms with Crippen molar-refractivity contribution in [3.63, 3.8) is 0 Å². The van der Waals surface area contributed by atoms with Gasteiger partial charge in [-0.15, -0.1) is 5.10 Å². The smallest absolute Gasteiger partial charge is 0.266 e. The van der Waals surface area contributed by atoms with Crippen LogP contribution in [-0.2, 0) is 6.54 Å². The molecule has 0 saturated heterocycles. The first-order valence-electron chi connectivity index (χ1n) is 6.29. The number of nitrogens with two attached hydrogens (primary N) is 1. The molecule has 0 fully saturated rings. The molecule has 106 valence electrons. The van der Waals surface area contributed by atoms with Gasteiger partial charge in [0.25, 0.3) is 5.56 Å². The highest BCUT2D eigenvalue weighted by atomic mass is 16.5. The maximum Gasteiger partial charge on any atom is 0.266 e. The second-order valence-electron chi connectivity index (χ2n) is 4.21. The third-order valence-corrected chi connectivity index (χ3v) is 2.71. The normalized spacial score (nSPS) is 10.2. The van der Waals surface area contributed by atoms with Gasteiger partial charge in [-0.1, -0.05) is 0 Å². The van der Waals surface area contributed by atoms with Gasteiger partial charge in [-0.2, -0.15) is 0 Å². The summed E-state index contributed by atoms with van der Waals surface area (Å²) in [6.07, 6.45) is 0.671. The first-order chi connectivity index (χ1) is 9.69. The zero-order chi connectivity index (χ0) is 14.4. The number of aryl methyl sites for hydroxylation is 1. The van der Waals surface area contributed by atoms with Gasteiger partial charge >= 0.3 is 0 Å². The van der Waals surface area contributed by atoms with E-state index < -0.39 is 0 Å². The molecule has 6 heteroatoms. The van der Waals surface area contributed by atoms with E-state index in [1.165, 1.54) is 17.9 Å². The van der Waals surface area contributed by atoms with Gasteiger partial charge < -0.3 is 15.2 Å². The molecular formula is C14H17N3O3. The number of methoxy groups -OCH3 is 1. The van der Waals surface area contributed by atoms with Gasteiger partial charge in [-0.25, -0.2) is 4.68 Å². The molecule has 0 radical (unpaired) electrons. The molecule has 0 amide bonds. The minimum absolute atomic E-state index is 0.154. The number of anilines is 1. The van der Waals surface area contributed by atoms with E-state index in [0.717, 1.165) is 5.75 Å². The van der Waals surface area contributed by atoms with Gasteiger partial charge in [0.2, 0.25) is 5.88 Å². The number of hydrogen-bond donors (Lipinski definition) is 1. The van der Waals surface area contributed by atoms with Gasteiger partial charge in [0.05, 0.1) is 13.7 Å². The molecule has 20 heavy (non-hydrogen) atoms. The Morgan fingerprint density at radius 1 is 1.20 bits per heavy atom. The average molecular weight is 275 g/mol. The summed E-state index contributed by atoms with van der Waals surface area (Å²) in [6, 6.07) is 10.2. The Hall–Kier alpha value is -2.50. The fourth-order valence-corrected chi connectivity index (χ4v) is 1.67. The minimum Gasteiger partial charge on any atom is -0.494 e. The molecule has 0 spiro atoms. The van der Waals surface area contributed by atoms with E-state index in [4.69, 9.17) is 15.2 Å². The summed E-state index contributed by atoms with van der Waals surface area (Å²) in [7, 11) is 1.52. The number of aromatic nitrogens is 2. The Kier molecular flexibility index (Phi) is 4.60. The van der Waals surface area contributed by atoms with Crippen molar-refractivity contribution >= 4 is 5.69 Å². The summed E-state index contributed by atoms with van der Waals surface area (Å²) < 4.78 is 11.9. The van der Waals surface area contributed by atoms with Crippen LogP contribution in [0.2, 0.25) is 0 Å². The monoisotopic (exact) mass is 275 g/mol. The Labute approximate surface area is 116 Å². The van der Waals surface area contributed by atoms with Crippen LogP contribution in [0.4, 0.5) is 5.69 Å². The summed E-state index contributed by atoms with van der Waals surface area (Å²) in [5.74, 6) is 1.18. The molecular weight excluding hydrogens is 258 g/mol. The topological polar surface area (TPSA) is 79.4 Å². The molecule has 0 bridgehead atoms. The molecule has 2 aromatic rings. The van der Waals surface area contributed by atoms with E-state index in [1.54, 1.807) is 18.2 Å². The van der Waals surface area contributed by atoms with Gasteiger partial charge in [-0.05, 0) is 24.3 Å². The summed E-state index contributed by atoms with van der Waals surface area (Å²) in [4.78, 5) is 11.6. The van der Waals surface area contributed by atoms with E-state index in [2.05, 4.69) is 5.10 Å². The highest BCUT2D eigenvalue weighted by Crippen LogP contribution is 2.13. The summed E-state index contributed by atoms with van der Waals surface area (Å²) in [5.41, 5.74) is 6.13. The van der Waals surface area contributed by atoms with Crippen LogP contribution in [0.15, 0.2) is 41.2 Å². The van der Waals surface area contributed by atoms with Gasteiger partial charge in [-0.3, -0.25) is 4.79 Å². The number of hydrogen-bond acceptors (Lipinski definition) is 5. The van der Waals surface area contributed by atoms with Crippen LogP contribution in [0.5, 0.6) is 11.6 Å². The zero-order valence-electron chi connectivity index (χ0n) is 11.3. The molecule has 1 heterocycles. The molecule has 0 atom stereocenters. The lowest BCUT2D eigenvalue weighted by Gasteiger charge is -2.08. The van der Waals surface area contributed by atoms with Crippen LogP contribution < -0.4 is 20.8 Å². The minimum atomic E-state index is -0.154. The molecule has 2 rings (SSSR count).